The van der Waals surface area contributed by atoms with Crippen LogP contribution >= 0.6 is 0 Å². The number of carboxylic acids is 1. The molecule has 1 atom stereocenters. The summed E-state index contributed by atoms with van der Waals surface area (Å²) in [4.78, 5) is 11.5. The molecule has 0 aliphatic heterocycles. The molecule has 3 aromatic carbocycles. The van der Waals surface area contributed by atoms with E-state index in [0.717, 1.165) is 52.8 Å². The van der Waals surface area contributed by atoms with Crippen molar-refractivity contribution in [3.05, 3.63) is 94.3 Å². The third kappa shape index (κ3) is 5.01. The number of aryl methyl sites for hydroxylation is 1. The highest BCUT2D eigenvalue weighted by Crippen LogP contribution is 2.50. The maximum Gasteiger partial charge on any atom is 0.303 e. The standard InChI is InChI=1S/C34H37FO3/c1-21-8-13-31(35)28(15-21)25-12-9-22(16-27(25)29-7-6-14-33(29,2)3)20-38-24-11-10-23-19-34(4,5)30(18-32(36)37)26(23)17-24/h7-13,15-17,30H,6,14,18-20H2,1-5H3,(H,36,37)/t30-/m0/s1. The number of rotatable bonds is 7. The maximum absolute atomic E-state index is 15.0. The first-order valence-corrected chi connectivity index (χ1v) is 13.5. The van der Waals surface area contributed by atoms with Crippen molar-refractivity contribution in [3.8, 4) is 16.9 Å². The molecule has 0 aromatic heterocycles. The summed E-state index contributed by atoms with van der Waals surface area (Å²) >= 11 is 0. The molecule has 2 aliphatic rings. The number of aliphatic carboxylic acids is 1. The van der Waals surface area contributed by atoms with E-state index in [0.29, 0.717) is 12.2 Å². The molecule has 0 saturated heterocycles. The lowest BCUT2D eigenvalue weighted by molar-refractivity contribution is -0.138. The molecule has 0 saturated carbocycles. The van der Waals surface area contributed by atoms with Gasteiger partial charge in [-0.25, -0.2) is 4.39 Å². The summed E-state index contributed by atoms with van der Waals surface area (Å²) < 4.78 is 21.2. The Labute approximate surface area is 225 Å². The number of carbonyl (C=O) groups is 1. The fourth-order valence-electron chi connectivity index (χ4n) is 6.36. The minimum atomic E-state index is -0.774. The summed E-state index contributed by atoms with van der Waals surface area (Å²) in [5, 5.41) is 9.48. The highest BCUT2D eigenvalue weighted by Gasteiger charge is 2.40. The molecule has 3 nitrogen and oxygen atoms in total. The van der Waals surface area contributed by atoms with E-state index in [2.05, 4.69) is 45.9 Å². The van der Waals surface area contributed by atoms with Crippen molar-refractivity contribution in [2.75, 3.05) is 0 Å². The zero-order valence-electron chi connectivity index (χ0n) is 23.0. The summed E-state index contributed by atoms with van der Waals surface area (Å²) in [6.07, 6.45) is 5.37. The Morgan fingerprint density at radius 1 is 1.00 bits per heavy atom. The van der Waals surface area contributed by atoms with Gasteiger partial charge in [-0.3, -0.25) is 4.79 Å². The summed E-state index contributed by atoms with van der Waals surface area (Å²) in [5.41, 5.74) is 8.10. The van der Waals surface area contributed by atoms with Crippen molar-refractivity contribution in [2.45, 2.75) is 72.8 Å². The Kier molecular flexibility index (Phi) is 6.71. The quantitative estimate of drug-likeness (QED) is 0.344. The van der Waals surface area contributed by atoms with Crippen LogP contribution in [0.15, 0.2) is 60.7 Å². The van der Waals surface area contributed by atoms with Gasteiger partial charge in [-0.2, -0.15) is 0 Å². The molecule has 4 heteroatoms. The lowest BCUT2D eigenvalue weighted by atomic mass is 9.78. The number of hydrogen-bond donors (Lipinski definition) is 1. The van der Waals surface area contributed by atoms with E-state index in [9.17, 15) is 14.3 Å². The molecule has 1 N–H and O–H groups in total. The van der Waals surface area contributed by atoms with Gasteiger partial charge in [0.15, 0.2) is 0 Å². The molecule has 3 aromatic rings. The number of benzene rings is 3. The van der Waals surface area contributed by atoms with Gasteiger partial charge in [0.1, 0.15) is 18.2 Å². The zero-order chi connectivity index (χ0) is 27.2. The Hall–Kier alpha value is -3.40. The topological polar surface area (TPSA) is 46.5 Å². The number of halogens is 1. The molecule has 38 heavy (non-hydrogen) atoms. The molecule has 0 heterocycles. The molecular weight excluding hydrogens is 475 g/mol. The third-order valence-corrected chi connectivity index (χ3v) is 8.50. The van der Waals surface area contributed by atoms with Crippen LogP contribution in [0.4, 0.5) is 4.39 Å². The van der Waals surface area contributed by atoms with E-state index in [1.165, 1.54) is 11.1 Å². The minimum Gasteiger partial charge on any atom is -0.489 e. The zero-order valence-corrected chi connectivity index (χ0v) is 23.0. The second kappa shape index (κ2) is 9.72. The van der Waals surface area contributed by atoms with E-state index in [-0.39, 0.29) is 29.0 Å². The molecule has 2 aliphatic carbocycles. The smallest absolute Gasteiger partial charge is 0.303 e. The number of fused-ring (bicyclic) bond motifs is 1. The maximum atomic E-state index is 15.0. The van der Waals surface area contributed by atoms with E-state index in [1.807, 2.05) is 37.3 Å². The second-order valence-electron chi connectivity index (χ2n) is 12.4. The SMILES string of the molecule is Cc1ccc(F)c(-c2ccc(COc3ccc4c(c3)[C@H](CC(=O)O)C(C)(C)C4)cc2C2=CCCC2(C)C)c1. The van der Waals surface area contributed by atoms with Crippen molar-refractivity contribution in [2.24, 2.45) is 10.8 Å². The monoisotopic (exact) mass is 512 g/mol. The van der Waals surface area contributed by atoms with Gasteiger partial charge in [0, 0.05) is 11.5 Å². The van der Waals surface area contributed by atoms with E-state index in [1.54, 1.807) is 12.1 Å². The number of carboxylic acid groups (broad SMARTS) is 1. The van der Waals surface area contributed by atoms with Gasteiger partial charge in [-0.1, -0.05) is 63.6 Å². The molecule has 0 bridgehead atoms. The van der Waals surface area contributed by atoms with E-state index >= 15 is 0 Å². The summed E-state index contributed by atoms with van der Waals surface area (Å²) in [6.45, 7) is 11.2. The normalized spacial score (nSPS) is 19.2. The van der Waals surface area contributed by atoms with Crippen LogP contribution in [0.3, 0.4) is 0 Å². The second-order valence-corrected chi connectivity index (χ2v) is 12.4. The van der Waals surface area contributed by atoms with Crippen LogP contribution in [-0.4, -0.2) is 11.1 Å². The summed E-state index contributed by atoms with van der Waals surface area (Å²) in [6, 6.07) is 17.6. The van der Waals surface area contributed by atoms with Gasteiger partial charge in [-0.15, -0.1) is 0 Å². The average Bonchev–Trinajstić information content (AvgIpc) is 3.33. The van der Waals surface area contributed by atoms with Crippen LogP contribution in [0.25, 0.3) is 16.7 Å². The average molecular weight is 513 g/mol. The third-order valence-electron chi connectivity index (χ3n) is 8.50. The molecule has 0 unspecified atom stereocenters. The van der Waals surface area contributed by atoms with Crippen molar-refractivity contribution in [3.63, 3.8) is 0 Å². The van der Waals surface area contributed by atoms with Crippen LogP contribution in [0, 0.1) is 23.6 Å². The predicted octanol–water partition coefficient (Wildman–Crippen LogP) is 8.72. The van der Waals surface area contributed by atoms with Crippen molar-refractivity contribution in [1.29, 1.82) is 0 Å². The highest BCUT2D eigenvalue weighted by atomic mass is 19.1. The fraction of sp³-hybridized carbons (Fsp3) is 0.382. The molecule has 198 valence electrons. The first kappa shape index (κ1) is 26.2. The number of hydrogen-bond acceptors (Lipinski definition) is 2. The first-order valence-electron chi connectivity index (χ1n) is 13.5. The Bertz CT molecular complexity index is 1430. The lowest BCUT2D eigenvalue weighted by Gasteiger charge is -2.26. The van der Waals surface area contributed by atoms with Crippen molar-refractivity contribution < 1.29 is 19.0 Å². The van der Waals surface area contributed by atoms with Crippen LogP contribution in [0.2, 0.25) is 0 Å². The molecule has 0 radical (unpaired) electrons. The molecular formula is C34H37FO3. The Morgan fingerprint density at radius 3 is 2.50 bits per heavy atom. The van der Waals surface area contributed by atoms with E-state index < -0.39 is 5.97 Å². The fourth-order valence-corrected chi connectivity index (χ4v) is 6.36. The van der Waals surface area contributed by atoms with Gasteiger partial charge in [-0.05, 0) is 101 Å². The molecule has 0 fully saturated rings. The summed E-state index contributed by atoms with van der Waals surface area (Å²) in [5.74, 6) is -0.281. The molecule has 0 amide bonds. The Morgan fingerprint density at radius 2 is 1.79 bits per heavy atom. The number of allylic oxidation sites excluding steroid dienone is 2. The van der Waals surface area contributed by atoms with Crippen LogP contribution in [0.5, 0.6) is 5.75 Å². The molecule has 5 rings (SSSR count). The Balaban J connectivity index is 1.46. The minimum absolute atomic E-state index is 0.0144. The van der Waals surface area contributed by atoms with Crippen molar-refractivity contribution in [1.82, 2.24) is 0 Å². The van der Waals surface area contributed by atoms with Gasteiger partial charge in [0.05, 0.1) is 6.42 Å². The van der Waals surface area contributed by atoms with Crippen LogP contribution < -0.4 is 4.74 Å². The van der Waals surface area contributed by atoms with Gasteiger partial charge in [0.25, 0.3) is 0 Å². The number of ether oxygens (including phenoxy) is 1. The highest BCUT2D eigenvalue weighted by molar-refractivity contribution is 5.85. The molecule has 0 spiro atoms. The first-order chi connectivity index (χ1) is 17.9. The van der Waals surface area contributed by atoms with Crippen LogP contribution in [-0.2, 0) is 17.8 Å². The van der Waals surface area contributed by atoms with Crippen molar-refractivity contribution >= 4 is 11.5 Å². The predicted molar refractivity (Wildman–Crippen MR) is 151 cm³/mol. The van der Waals surface area contributed by atoms with Gasteiger partial charge >= 0.3 is 5.97 Å². The lowest BCUT2D eigenvalue weighted by Crippen LogP contribution is -2.20. The largest absolute Gasteiger partial charge is 0.489 e. The van der Waals surface area contributed by atoms with Gasteiger partial charge < -0.3 is 9.84 Å². The van der Waals surface area contributed by atoms with Crippen LogP contribution in [0.1, 0.15) is 80.7 Å². The van der Waals surface area contributed by atoms with E-state index in [4.69, 9.17) is 4.74 Å². The van der Waals surface area contributed by atoms with Gasteiger partial charge in [0.2, 0.25) is 0 Å². The summed E-state index contributed by atoms with van der Waals surface area (Å²) in [7, 11) is 0.